The van der Waals surface area contributed by atoms with Crippen molar-refractivity contribution in [3.8, 4) is 0 Å². The third-order valence-corrected chi connectivity index (χ3v) is 6.32. The number of fused-ring (bicyclic) bond motifs is 1. The Morgan fingerprint density at radius 2 is 1.83 bits per heavy atom. The van der Waals surface area contributed by atoms with E-state index in [1.165, 1.54) is 4.57 Å². The van der Waals surface area contributed by atoms with Crippen molar-refractivity contribution in [2.45, 2.75) is 64.0 Å². The molecule has 2 fully saturated rings. The molecule has 2 aromatic rings. The van der Waals surface area contributed by atoms with Gasteiger partial charge in [-0.15, -0.1) is 0 Å². The van der Waals surface area contributed by atoms with Gasteiger partial charge in [0, 0.05) is 31.2 Å². The number of nitrogens with two attached hydrogens (primary N) is 1. The van der Waals surface area contributed by atoms with Gasteiger partial charge in [-0.2, -0.15) is 0 Å². The Hall–Kier alpha value is -2.61. The van der Waals surface area contributed by atoms with Gasteiger partial charge in [-0.25, -0.2) is 4.79 Å². The molecule has 8 nitrogen and oxygen atoms in total. The number of carbonyl (C=O) groups is 2. The van der Waals surface area contributed by atoms with Gasteiger partial charge in [-0.1, -0.05) is 0 Å². The molecule has 162 valence electrons. The number of aromatic nitrogens is 1. The molecule has 0 radical (unpaired) electrons. The average molecular weight is 415 g/mol. The molecule has 0 spiro atoms. The lowest BCUT2D eigenvalue weighted by atomic mass is 9.84. The number of anilines is 1. The first-order valence-corrected chi connectivity index (χ1v) is 11.0. The zero-order valence-electron chi connectivity index (χ0n) is 17.3. The van der Waals surface area contributed by atoms with Gasteiger partial charge in [0.25, 0.3) is 0 Å². The van der Waals surface area contributed by atoms with Crippen LogP contribution in [0.3, 0.4) is 0 Å². The molecule has 2 heterocycles. The number of oxazole rings is 1. The topological polar surface area (TPSA) is 111 Å². The molecule has 4 rings (SSSR count). The van der Waals surface area contributed by atoms with E-state index in [-0.39, 0.29) is 24.4 Å². The number of nitrogens with zero attached hydrogens (tertiary/aromatic N) is 2. The van der Waals surface area contributed by atoms with Gasteiger partial charge in [-0.05, 0) is 69.1 Å². The van der Waals surface area contributed by atoms with Gasteiger partial charge in [0.15, 0.2) is 5.58 Å². The predicted molar refractivity (Wildman–Crippen MR) is 114 cm³/mol. The Bertz CT molecular complexity index is 965. The number of benzene rings is 1. The minimum atomic E-state index is -0.558. The predicted octanol–water partition coefficient (Wildman–Crippen LogP) is 2.45. The van der Waals surface area contributed by atoms with Crippen molar-refractivity contribution < 1.29 is 14.0 Å². The van der Waals surface area contributed by atoms with Crippen LogP contribution in [0, 0.1) is 5.92 Å². The van der Waals surface area contributed by atoms with E-state index in [1.807, 2.05) is 0 Å². The zero-order chi connectivity index (χ0) is 21.1. The summed E-state index contributed by atoms with van der Waals surface area (Å²) in [5.74, 6) is -0.318. The van der Waals surface area contributed by atoms with Crippen LogP contribution in [0.15, 0.2) is 27.4 Å². The van der Waals surface area contributed by atoms with Crippen molar-refractivity contribution in [3.63, 3.8) is 0 Å². The van der Waals surface area contributed by atoms with E-state index in [4.69, 9.17) is 10.2 Å². The summed E-state index contributed by atoms with van der Waals surface area (Å²) in [5.41, 5.74) is 7.46. The lowest BCUT2D eigenvalue weighted by Gasteiger charge is -2.26. The maximum Gasteiger partial charge on any atom is 0.420 e. The van der Waals surface area contributed by atoms with Gasteiger partial charge in [0.2, 0.25) is 11.8 Å². The molecule has 1 saturated carbocycles. The summed E-state index contributed by atoms with van der Waals surface area (Å²) in [5, 5.41) is 2.92. The van der Waals surface area contributed by atoms with E-state index in [0.29, 0.717) is 29.1 Å². The molecule has 2 aliphatic rings. The lowest BCUT2D eigenvalue weighted by molar-refractivity contribution is -0.132. The van der Waals surface area contributed by atoms with Crippen molar-refractivity contribution >= 4 is 28.6 Å². The van der Waals surface area contributed by atoms with Crippen molar-refractivity contribution in [3.05, 3.63) is 28.7 Å². The summed E-state index contributed by atoms with van der Waals surface area (Å²) in [7, 11) is 0. The largest absolute Gasteiger partial charge is 0.420 e. The Balaban J connectivity index is 1.45. The summed E-state index contributed by atoms with van der Waals surface area (Å²) in [6.07, 6.45) is 7.49. The number of amides is 2. The molecule has 1 aromatic heterocycles. The molecule has 0 atom stereocenters. The molecular formula is C22H30N4O4. The number of nitrogens with one attached hydrogen (secondary N) is 1. The van der Waals surface area contributed by atoms with Crippen LogP contribution in [0.1, 0.15) is 51.4 Å². The standard InChI is InChI=1S/C22H30N4O4/c23-16-6-4-15(5-7-16)12-20(27)24-17-8-9-19-18(13-17)26(22(29)30-19)14-21(28)25-10-2-1-3-11-25/h8-9,13,15-16H,1-7,10-12,14,23H2,(H,24,27). The monoisotopic (exact) mass is 414 g/mol. The molecule has 3 N–H and O–H groups in total. The van der Waals surface area contributed by atoms with Gasteiger partial charge in [0.1, 0.15) is 6.54 Å². The summed E-state index contributed by atoms with van der Waals surface area (Å²) in [6, 6.07) is 5.35. The Labute approximate surface area is 175 Å². The third kappa shape index (κ3) is 4.75. The minimum absolute atomic E-state index is 0.0448. The first kappa shape index (κ1) is 20.7. The number of carbonyl (C=O) groups excluding carboxylic acids is 2. The zero-order valence-corrected chi connectivity index (χ0v) is 17.3. The third-order valence-electron chi connectivity index (χ3n) is 6.32. The van der Waals surface area contributed by atoms with E-state index < -0.39 is 5.76 Å². The van der Waals surface area contributed by atoms with Crippen molar-refractivity contribution in [1.29, 1.82) is 0 Å². The van der Waals surface area contributed by atoms with Gasteiger partial charge >= 0.3 is 5.76 Å². The molecule has 0 bridgehead atoms. The lowest BCUT2D eigenvalue weighted by Crippen LogP contribution is -2.39. The molecule has 1 aliphatic carbocycles. The first-order valence-electron chi connectivity index (χ1n) is 11.0. The van der Waals surface area contributed by atoms with E-state index >= 15 is 0 Å². The SMILES string of the molecule is NC1CCC(CC(=O)Nc2ccc3oc(=O)n(CC(=O)N4CCCCC4)c3c2)CC1. The second-order valence-corrected chi connectivity index (χ2v) is 8.61. The highest BCUT2D eigenvalue weighted by molar-refractivity contribution is 5.93. The molecule has 0 unspecified atom stereocenters. The van der Waals surface area contributed by atoms with Crippen LogP contribution in [-0.4, -0.2) is 40.4 Å². The smallest absolute Gasteiger partial charge is 0.408 e. The van der Waals surface area contributed by atoms with Crippen molar-refractivity contribution in [2.75, 3.05) is 18.4 Å². The molecule has 1 aromatic carbocycles. The first-order chi connectivity index (χ1) is 14.5. The van der Waals surface area contributed by atoms with E-state index in [2.05, 4.69) is 5.32 Å². The number of likely N-dealkylation sites (tertiary alicyclic amines) is 1. The quantitative estimate of drug-likeness (QED) is 0.781. The van der Waals surface area contributed by atoms with Gasteiger partial charge in [0.05, 0.1) is 5.52 Å². The molecule has 8 heteroatoms. The summed E-state index contributed by atoms with van der Waals surface area (Å²) in [4.78, 5) is 39.2. The number of hydrogen-bond acceptors (Lipinski definition) is 5. The Morgan fingerprint density at radius 3 is 2.57 bits per heavy atom. The maximum absolute atomic E-state index is 12.6. The van der Waals surface area contributed by atoms with Crippen LogP contribution in [-0.2, 0) is 16.1 Å². The van der Waals surface area contributed by atoms with E-state index in [1.54, 1.807) is 23.1 Å². The van der Waals surface area contributed by atoms with Crippen LogP contribution in [0.25, 0.3) is 11.1 Å². The normalized spacial score (nSPS) is 22.2. The highest BCUT2D eigenvalue weighted by Gasteiger charge is 2.22. The number of hydrogen-bond donors (Lipinski definition) is 2. The summed E-state index contributed by atoms with van der Waals surface area (Å²) >= 11 is 0. The van der Waals surface area contributed by atoms with Crippen LogP contribution in [0.4, 0.5) is 5.69 Å². The average Bonchev–Trinajstić information content (AvgIpc) is 3.05. The number of rotatable bonds is 5. The maximum atomic E-state index is 12.6. The van der Waals surface area contributed by atoms with Crippen LogP contribution < -0.4 is 16.8 Å². The number of piperidine rings is 1. The second-order valence-electron chi connectivity index (χ2n) is 8.61. The minimum Gasteiger partial charge on any atom is -0.408 e. The van der Waals surface area contributed by atoms with Crippen LogP contribution in [0.2, 0.25) is 0 Å². The Kier molecular flexibility index (Phi) is 6.22. The highest BCUT2D eigenvalue weighted by Crippen LogP contribution is 2.26. The van der Waals surface area contributed by atoms with Gasteiger partial charge in [-0.3, -0.25) is 14.2 Å². The summed E-state index contributed by atoms with van der Waals surface area (Å²) < 4.78 is 6.64. The molecule has 30 heavy (non-hydrogen) atoms. The van der Waals surface area contributed by atoms with Crippen LogP contribution in [0.5, 0.6) is 0 Å². The van der Waals surface area contributed by atoms with Crippen molar-refractivity contribution in [2.24, 2.45) is 11.7 Å². The summed E-state index contributed by atoms with van der Waals surface area (Å²) in [6.45, 7) is 1.42. The van der Waals surface area contributed by atoms with Crippen LogP contribution >= 0.6 is 0 Å². The Morgan fingerprint density at radius 1 is 1.10 bits per heavy atom. The van der Waals surface area contributed by atoms with Gasteiger partial charge < -0.3 is 20.4 Å². The molecule has 2 amide bonds. The second kappa shape index (κ2) is 9.04. The fraction of sp³-hybridized carbons (Fsp3) is 0.591. The fourth-order valence-corrected chi connectivity index (χ4v) is 4.53. The molecule has 1 aliphatic heterocycles. The highest BCUT2D eigenvalue weighted by atomic mass is 16.4. The molecular weight excluding hydrogens is 384 g/mol. The molecule has 1 saturated heterocycles. The van der Waals surface area contributed by atoms with E-state index in [0.717, 1.165) is 58.0 Å². The van der Waals surface area contributed by atoms with Crippen molar-refractivity contribution in [1.82, 2.24) is 9.47 Å². The fourth-order valence-electron chi connectivity index (χ4n) is 4.53. The van der Waals surface area contributed by atoms with E-state index in [9.17, 15) is 14.4 Å².